The Labute approximate surface area is 60.9 Å². The Morgan fingerprint density at radius 2 is 2.20 bits per heavy atom. The zero-order valence-electron chi connectivity index (χ0n) is 6.60. The van der Waals surface area contributed by atoms with Crippen molar-refractivity contribution in [3.8, 4) is 0 Å². The summed E-state index contributed by atoms with van der Waals surface area (Å²) in [6.07, 6.45) is -0.434. The predicted octanol–water partition coefficient (Wildman–Crippen LogP) is 0.645. The summed E-state index contributed by atoms with van der Waals surface area (Å²) >= 11 is 0. The molecule has 0 heterocycles. The van der Waals surface area contributed by atoms with Crippen LogP contribution < -0.4 is 10.9 Å². The second-order valence-electron chi connectivity index (χ2n) is 2.14. The molecule has 0 aliphatic carbocycles. The zero-order valence-corrected chi connectivity index (χ0v) is 6.60. The maximum Gasteiger partial charge on any atom is 0.421 e. The lowest BCUT2D eigenvalue weighted by molar-refractivity contribution is 0.145. The van der Waals surface area contributed by atoms with Gasteiger partial charge in [-0.1, -0.05) is 0 Å². The first-order chi connectivity index (χ1) is 4.66. The van der Waals surface area contributed by atoms with E-state index < -0.39 is 6.09 Å². The van der Waals surface area contributed by atoms with E-state index in [-0.39, 0.29) is 6.04 Å². The fourth-order valence-corrected chi connectivity index (χ4v) is 0.370. The minimum atomic E-state index is -0.434. The highest BCUT2D eigenvalue weighted by atomic mass is 16.5. The van der Waals surface area contributed by atoms with Gasteiger partial charge < -0.3 is 4.74 Å². The number of carbonyl (C=O) groups excluding carboxylic acids is 1. The maximum absolute atomic E-state index is 10.6. The number of hydrazine groups is 1. The lowest BCUT2D eigenvalue weighted by atomic mass is 10.4. The van der Waals surface area contributed by atoms with E-state index in [0.717, 1.165) is 0 Å². The van der Waals surface area contributed by atoms with Crippen LogP contribution in [0.5, 0.6) is 0 Å². The summed E-state index contributed by atoms with van der Waals surface area (Å²) in [6.45, 7) is 6.00. The molecule has 60 valence electrons. The second kappa shape index (κ2) is 5.05. The first-order valence-electron chi connectivity index (χ1n) is 3.35. The zero-order chi connectivity index (χ0) is 7.98. The van der Waals surface area contributed by atoms with Crippen molar-refractivity contribution in [3.63, 3.8) is 0 Å². The predicted molar refractivity (Wildman–Crippen MR) is 38.4 cm³/mol. The molecule has 0 aromatic heterocycles. The summed E-state index contributed by atoms with van der Waals surface area (Å²) < 4.78 is 4.58. The molecule has 0 spiro atoms. The summed E-state index contributed by atoms with van der Waals surface area (Å²) in [7, 11) is 0. The van der Waals surface area contributed by atoms with Gasteiger partial charge in [0.1, 0.15) is 0 Å². The Kier molecular flexibility index (Phi) is 4.66. The highest BCUT2D eigenvalue weighted by molar-refractivity contribution is 5.66. The summed E-state index contributed by atoms with van der Waals surface area (Å²) in [5.74, 6) is 0. The van der Waals surface area contributed by atoms with E-state index >= 15 is 0 Å². The highest BCUT2D eigenvalue weighted by Gasteiger charge is 1.98. The van der Waals surface area contributed by atoms with Crippen LogP contribution in [0.3, 0.4) is 0 Å². The van der Waals surface area contributed by atoms with Gasteiger partial charge in [0.25, 0.3) is 0 Å². The van der Waals surface area contributed by atoms with Crippen molar-refractivity contribution >= 4 is 6.09 Å². The van der Waals surface area contributed by atoms with Gasteiger partial charge in [-0.25, -0.2) is 10.2 Å². The average molecular weight is 146 g/mol. The number of hydrogen-bond acceptors (Lipinski definition) is 3. The summed E-state index contributed by atoms with van der Waals surface area (Å²) in [6, 6.07) is 0.226. The molecule has 0 aromatic rings. The van der Waals surface area contributed by atoms with Gasteiger partial charge in [0.15, 0.2) is 0 Å². The van der Waals surface area contributed by atoms with Gasteiger partial charge in [0, 0.05) is 6.04 Å². The fourth-order valence-electron chi connectivity index (χ4n) is 0.370. The van der Waals surface area contributed by atoms with Crippen molar-refractivity contribution in [2.75, 3.05) is 6.61 Å². The van der Waals surface area contributed by atoms with E-state index in [1.807, 2.05) is 13.8 Å². The largest absolute Gasteiger partial charge is 0.449 e. The summed E-state index contributed by atoms with van der Waals surface area (Å²) in [5, 5.41) is 0. The number of ether oxygens (including phenoxy) is 1. The third kappa shape index (κ3) is 5.37. The molecule has 2 N–H and O–H groups in total. The molecule has 0 fully saturated rings. The third-order valence-electron chi connectivity index (χ3n) is 0.738. The molecule has 0 rings (SSSR count). The standard InChI is InChI=1S/C6H14N2O2/c1-4-10-6(9)8-7-5(2)3/h5,7H,4H2,1-3H3,(H,8,9). The van der Waals surface area contributed by atoms with Crippen molar-refractivity contribution in [3.05, 3.63) is 0 Å². The maximum atomic E-state index is 10.6. The molecule has 0 bridgehead atoms. The Hall–Kier alpha value is -0.770. The first kappa shape index (κ1) is 9.23. The van der Waals surface area contributed by atoms with Crippen LogP contribution in [-0.2, 0) is 4.74 Å². The normalized spacial score (nSPS) is 9.60. The SMILES string of the molecule is CCOC(=O)NNC(C)C. The van der Waals surface area contributed by atoms with E-state index in [0.29, 0.717) is 6.61 Å². The molecule has 0 unspecified atom stereocenters. The third-order valence-corrected chi connectivity index (χ3v) is 0.738. The van der Waals surface area contributed by atoms with Crippen LogP contribution in [0.2, 0.25) is 0 Å². The molecule has 0 aliphatic heterocycles. The summed E-state index contributed by atoms with van der Waals surface area (Å²) in [4.78, 5) is 10.6. The Balaban J connectivity index is 3.22. The van der Waals surface area contributed by atoms with E-state index in [9.17, 15) is 4.79 Å². The average Bonchev–Trinajstić information content (AvgIpc) is 1.85. The molecule has 0 radical (unpaired) electrons. The number of rotatable bonds is 3. The Bertz CT molecular complexity index is 104. The molecule has 4 heteroatoms. The number of carbonyl (C=O) groups is 1. The van der Waals surface area contributed by atoms with E-state index in [1.165, 1.54) is 0 Å². The Morgan fingerprint density at radius 1 is 1.60 bits per heavy atom. The number of hydrogen-bond donors (Lipinski definition) is 2. The molecule has 0 aliphatic rings. The van der Waals surface area contributed by atoms with Crippen molar-refractivity contribution in [1.82, 2.24) is 10.9 Å². The monoisotopic (exact) mass is 146 g/mol. The molecule has 0 saturated carbocycles. The molecule has 0 atom stereocenters. The van der Waals surface area contributed by atoms with Crippen LogP contribution in [0.4, 0.5) is 4.79 Å². The molecular formula is C6H14N2O2. The van der Waals surface area contributed by atoms with Crippen LogP contribution in [0.15, 0.2) is 0 Å². The van der Waals surface area contributed by atoms with Crippen molar-refractivity contribution in [2.24, 2.45) is 0 Å². The van der Waals surface area contributed by atoms with Crippen molar-refractivity contribution in [2.45, 2.75) is 26.8 Å². The van der Waals surface area contributed by atoms with Gasteiger partial charge in [0.05, 0.1) is 6.61 Å². The molecule has 0 saturated heterocycles. The van der Waals surface area contributed by atoms with Crippen molar-refractivity contribution < 1.29 is 9.53 Å². The molecular weight excluding hydrogens is 132 g/mol. The summed E-state index contributed by atoms with van der Waals surface area (Å²) in [5.41, 5.74) is 5.08. The Morgan fingerprint density at radius 3 is 2.60 bits per heavy atom. The lowest BCUT2D eigenvalue weighted by Gasteiger charge is -2.08. The topological polar surface area (TPSA) is 50.4 Å². The molecule has 4 nitrogen and oxygen atoms in total. The van der Waals surface area contributed by atoms with Gasteiger partial charge in [-0.3, -0.25) is 5.43 Å². The van der Waals surface area contributed by atoms with Gasteiger partial charge >= 0.3 is 6.09 Å². The smallest absolute Gasteiger partial charge is 0.421 e. The van der Waals surface area contributed by atoms with Gasteiger partial charge in [-0.05, 0) is 20.8 Å². The van der Waals surface area contributed by atoms with Gasteiger partial charge in [-0.2, -0.15) is 0 Å². The minimum Gasteiger partial charge on any atom is -0.449 e. The van der Waals surface area contributed by atoms with Gasteiger partial charge in [0.2, 0.25) is 0 Å². The number of amides is 1. The fraction of sp³-hybridized carbons (Fsp3) is 0.833. The second-order valence-corrected chi connectivity index (χ2v) is 2.14. The van der Waals surface area contributed by atoms with Crippen LogP contribution in [0.1, 0.15) is 20.8 Å². The van der Waals surface area contributed by atoms with Crippen LogP contribution >= 0.6 is 0 Å². The highest BCUT2D eigenvalue weighted by Crippen LogP contribution is 1.75. The number of nitrogens with one attached hydrogen (secondary N) is 2. The quantitative estimate of drug-likeness (QED) is 0.575. The van der Waals surface area contributed by atoms with E-state index in [1.54, 1.807) is 6.92 Å². The van der Waals surface area contributed by atoms with Crippen LogP contribution in [0, 0.1) is 0 Å². The lowest BCUT2D eigenvalue weighted by Crippen LogP contribution is -2.41. The van der Waals surface area contributed by atoms with E-state index in [2.05, 4.69) is 15.6 Å². The van der Waals surface area contributed by atoms with Crippen LogP contribution in [0.25, 0.3) is 0 Å². The molecule has 1 amide bonds. The molecule has 10 heavy (non-hydrogen) atoms. The molecule has 0 aromatic carbocycles. The van der Waals surface area contributed by atoms with E-state index in [4.69, 9.17) is 0 Å². The minimum absolute atomic E-state index is 0.226. The first-order valence-corrected chi connectivity index (χ1v) is 3.35. The van der Waals surface area contributed by atoms with Gasteiger partial charge in [-0.15, -0.1) is 0 Å². The van der Waals surface area contributed by atoms with Crippen LogP contribution in [-0.4, -0.2) is 18.7 Å². The van der Waals surface area contributed by atoms with Crippen molar-refractivity contribution in [1.29, 1.82) is 0 Å².